The fourth-order valence-corrected chi connectivity index (χ4v) is 6.50. The molecule has 9 nitrogen and oxygen atoms in total. The van der Waals surface area contributed by atoms with Crippen molar-refractivity contribution in [2.45, 2.75) is 43.9 Å². The van der Waals surface area contributed by atoms with E-state index >= 15 is 0 Å². The molecule has 0 aliphatic carbocycles. The molecule has 3 aliphatic rings. The highest BCUT2D eigenvalue weighted by Gasteiger charge is 2.35. The zero-order chi connectivity index (χ0) is 24.1. The van der Waals surface area contributed by atoms with Gasteiger partial charge in [0.15, 0.2) is 0 Å². The number of hydrogen-bond donors (Lipinski definition) is 0. The van der Waals surface area contributed by atoms with Crippen LogP contribution in [0, 0.1) is 5.92 Å². The van der Waals surface area contributed by atoms with Crippen LogP contribution in [0.15, 0.2) is 29.2 Å². The van der Waals surface area contributed by atoms with Crippen molar-refractivity contribution < 1.29 is 22.7 Å². The topological polar surface area (TPSA) is 90.5 Å². The molecular weight excluding hydrogens is 456 g/mol. The highest BCUT2D eigenvalue weighted by atomic mass is 32.2. The van der Waals surface area contributed by atoms with Gasteiger partial charge in [-0.2, -0.15) is 4.31 Å². The smallest absolute Gasteiger partial charge is 0.320 e. The van der Waals surface area contributed by atoms with Crippen molar-refractivity contribution in [2.24, 2.45) is 5.92 Å². The van der Waals surface area contributed by atoms with E-state index in [0.29, 0.717) is 64.5 Å². The third-order valence-electron chi connectivity index (χ3n) is 7.06. The molecule has 0 atom stereocenters. The quantitative estimate of drug-likeness (QED) is 0.629. The first-order valence-electron chi connectivity index (χ1n) is 12.5. The summed E-state index contributed by atoms with van der Waals surface area (Å²) >= 11 is 0. The lowest BCUT2D eigenvalue weighted by Gasteiger charge is -2.40. The first-order valence-corrected chi connectivity index (χ1v) is 13.9. The summed E-state index contributed by atoms with van der Waals surface area (Å²) in [6, 6.07) is 6.58. The summed E-state index contributed by atoms with van der Waals surface area (Å²) < 4.78 is 32.9. The number of piperazine rings is 1. The average Bonchev–Trinajstić information content (AvgIpc) is 2.89. The van der Waals surface area contributed by atoms with E-state index in [-0.39, 0.29) is 22.8 Å². The predicted octanol–water partition coefficient (Wildman–Crippen LogP) is 2.24. The molecule has 0 radical (unpaired) electrons. The number of piperidine rings is 2. The highest BCUT2D eigenvalue weighted by molar-refractivity contribution is 7.89. The number of hydrogen-bond acceptors (Lipinski definition) is 5. The molecule has 0 spiro atoms. The third-order valence-corrected chi connectivity index (χ3v) is 8.98. The molecule has 188 valence electrons. The molecule has 3 amide bonds. The predicted molar refractivity (Wildman–Crippen MR) is 128 cm³/mol. The van der Waals surface area contributed by atoms with Crippen LogP contribution in [0.3, 0.4) is 0 Å². The van der Waals surface area contributed by atoms with E-state index < -0.39 is 10.0 Å². The summed E-state index contributed by atoms with van der Waals surface area (Å²) in [5.41, 5.74) is 0. The Hall–Kier alpha value is -2.33. The summed E-state index contributed by atoms with van der Waals surface area (Å²) in [5, 5.41) is 0. The van der Waals surface area contributed by atoms with E-state index in [1.807, 2.05) is 21.6 Å². The van der Waals surface area contributed by atoms with E-state index in [9.17, 15) is 18.0 Å². The zero-order valence-electron chi connectivity index (χ0n) is 20.0. The fourth-order valence-electron chi connectivity index (χ4n) is 5.03. The van der Waals surface area contributed by atoms with E-state index in [2.05, 4.69) is 0 Å². The minimum absolute atomic E-state index is 0.0863. The van der Waals surface area contributed by atoms with Crippen LogP contribution in [-0.2, 0) is 14.8 Å². The molecule has 3 aliphatic heterocycles. The number of rotatable bonds is 5. The zero-order valence-corrected chi connectivity index (χ0v) is 20.8. The first kappa shape index (κ1) is 24.8. The Morgan fingerprint density at radius 3 is 1.97 bits per heavy atom. The van der Waals surface area contributed by atoms with Crippen LogP contribution in [0.4, 0.5) is 4.79 Å². The Labute approximate surface area is 202 Å². The van der Waals surface area contributed by atoms with Gasteiger partial charge in [-0.05, 0) is 63.3 Å². The third kappa shape index (κ3) is 5.49. The number of nitrogens with zero attached hydrogens (tertiary/aromatic N) is 4. The molecule has 10 heteroatoms. The molecule has 0 aromatic heterocycles. The van der Waals surface area contributed by atoms with Gasteiger partial charge in [0.05, 0.1) is 11.5 Å². The van der Waals surface area contributed by atoms with Crippen LogP contribution >= 0.6 is 0 Å². The lowest BCUT2D eigenvalue weighted by atomic mass is 9.96. The van der Waals surface area contributed by atoms with Crippen LogP contribution in [0.1, 0.15) is 39.0 Å². The standard InChI is InChI=1S/C24H36N4O5S/c1-2-33-21-6-8-22(9-7-21)34(31,32)28-14-10-20(11-15-28)23(29)25-16-18-27(19-17-25)24(30)26-12-4-3-5-13-26/h6-9,20H,2-5,10-19H2,1H3. The molecule has 3 fully saturated rings. The minimum Gasteiger partial charge on any atom is -0.494 e. The number of likely N-dealkylation sites (tertiary alicyclic amines) is 1. The maximum atomic E-state index is 13.1. The van der Waals surface area contributed by atoms with Crippen molar-refractivity contribution >= 4 is 22.0 Å². The van der Waals surface area contributed by atoms with Gasteiger partial charge in [-0.3, -0.25) is 4.79 Å². The second-order valence-electron chi connectivity index (χ2n) is 9.23. The lowest BCUT2D eigenvalue weighted by molar-refractivity contribution is -0.138. The van der Waals surface area contributed by atoms with E-state index in [0.717, 1.165) is 25.9 Å². The maximum absolute atomic E-state index is 13.1. The molecule has 0 unspecified atom stereocenters. The summed E-state index contributed by atoms with van der Waals surface area (Å²) in [7, 11) is -3.59. The van der Waals surface area contributed by atoms with Gasteiger partial charge in [-0.25, -0.2) is 13.2 Å². The fraction of sp³-hybridized carbons (Fsp3) is 0.667. The second kappa shape index (κ2) is 10.9. The summed E-state index contributed by atoms with van der Waals surface area (Å²) in [6.07, 6.45) is 4.35. The summed E-state index contributed by atoms with van der Waals surface area (Å²) in [6.45, 7) is 6.94. The lowest BCUT2D eigenvalue weighted by Crippen LogP contribution is -2.56. The Kier molecular flexibility index (Phi) is 7.98. The SMILES string of the molecule is CCOc1ccc(S(=O)(=O)N2CCC(C(=O)N3CCN(C(=O)N4CCCCC4)CC3)CC2)cc1. The van der Waals surface area contributed by atoms with Crippen molar-refractivity contribution in [3.63, 3.8) is 0 Å². The molecule has 4 rings (SSSR count). The largest absolute Gasteiger partial charge is 0.494 e. The Morgan fingerprint density at radius 1 is 0.824 bits per heavy atom. The van der Waals surface area contributed by atoms with Gasteiger partial charge in [-0.15, -0.1) is 0 Å². The molecule has 1 aromatic carbocycles. The average molecular weight is 493 g/mol. The molecule has 1 aromatic rings. The molecule has 3 heterocycles. The molecule has 3 saturated heterocycles. The monoisotopic (exact) mass is 492 g/mol. The van der Waals surface area contributed by atoms with E-state index in [4.69, 9.17) is 4.74 Å². The second-order valence-corrected chi connectivity index (χ2v) is 11.2. The van der Waals surface area contributed by atoms with Crippen molar-refractivity contribution in [3.8, 4) is 5.75 Å². The number of sulfonamides is 1. The maximum Gasteiger partial charge on any atom is 0.320 e. The van der Waals surface area contributed by atoms with E-state index in [1.165, 1.54) is 10.7 Å². The van der Waals surface area contributed by atoms with Gasteiger partial charge >= 0.3 is 6.03 Å². The summed E-state index contributed by atoms with van der Waals surface area (Å²) in [5.74, 6) is 0.558. The first-order chi connectivity index (χ1) is 16.4. The Bertz CT molecular complexity index is 946. The number of carbonyl (C=O) groups is 2. The number of ether oxygens (including phenoxy) is 1. The Morgan fingerprint density at radius 2 is 1.38 bits per heavy atom. The summed E-state index contributed by atoms with van der Waals surface area (Å²) in [4.78, 5) is 31.7. The number of carbonyl (C=O) groups excluding carboxylic acids is 2. The van der Waals surface area contributed by atoms with Crippen molar-refractivity contribution in [1.29, 1.82) is 0 Å². The van der Waals surface area contributed by atoms with Gasteiger partial charge in [-0.1, -0.05) is 0 Å². The van der Waals surface area contributed by atoms with Crippen molar-refractivity contribution in [3.05, 3.63) is 24.3 Å². The van der Waals surface area contributed by atoms with Crippen molar-refractivity contribution in [2.75, 3.05) is 59.0 Å². The van der Waals surface area contributed by atoms with Crippen LogP contribution in [0.5, 0.6) is 5.75 Å². The van der Waals surface area contributed by atoms with Gasteiger partial charge in [0.1, 0.15) is 5.75 Å². The number of amides is 3. The van der Waals surface area contributed by atoms with Crippen LogP contribution in [0.25, 0.3) is 0 Å². The van der Waals surface area contributed by atoms with Crippen LogP contribution in [0.2, 0.25) is 0 Å². The highest BCUT2D eigenvalue weighted by Crippen LogP contribution is 2.27. The number of urea groups is 1. The minimum atomic E-state index is -3.59. The molecule has 0 N–H and O–H groups in total. The van der Waals surface area contributed by atoms with Crippen LogP contribution in [-0.4, -0.2) is 98.3 Å². The normalized spacial score (nSPS) is 20.9. The van der Waals surface area contributed by atoms with Gasteiger partial charge in [0.25, 0.3) is 0 Å². The number of benzene rings is 1. The molecule has 34 heavy (non-hydrogen) atoms. The molecule has 0 saturated carbocycles. The molecule has 0 bridgehead atoms. The van der Waals surface area contributed by atoms with E-state index in [1.54, 1.807) is 24.3 Å². The Balaban J connectivity index is 1.26. The van der Waals surface area contributed by atoms with Gasteiger partial charge in [0.2, 0.25) is 15.9 Å². The van der Waals surface area contributed by atoms with Crippen LogP contribution < -0.4 is 4.74 Å². The van der Waals surface area contributed by atoms with Crippen molar-refractivity contribution in [1.82, 2.24) is 19.0 Å². The van der Waals surface area contributed by atoms with Gasteiger partial charge in [0, 0.05) is 58.3 Å². The molecular formula is C24H36N4O5S. The van der Waals surface area contributed by atoms with Gasteiger partial charge < -0.3 is 19.4 Å².